The molecule has 31 heavy (non-hydrogen) atoms. The Bertz CT molecular complexity index is 1300. The van der Waals surface area contributed by atoms with Crippen LogP contribution in [0.1, 0.15) is 37.5 Å². The van der Waals surface area contributed by atoms with Gasteiger partial charge < -0.3 is 9.72 Å². The van der Waals surface area contributed by atoms with Gasteiger partial charge in [-0.25, -0.2) is 8.42 Å². The normalized spacial score (nSPS) is 12.3. The molecule has 5 nitrogen and oxygen atoms in total. The predicted molar refractivity (Wildman–Crippen MR) is 126 cm³/mol. The van der Waals surface area contributed by atoms with Gasteiger partial charge in [-0.2, -0.15) is 0 Å². The van der Waals surface area contributed by atoms with Gasteiger partial charge in [-0.3, -0.25) is 4.79 Å². The number of hydrogen-bond acceptors (Lipinski definition) is 4. The summed E-state index contributed by atoms with van der Waals surface area (Å²) >= 11 is 0. The van der Waals surface area contributed by atoms with Crippen molar-refractivity contribution < 1.29 is 13.2 Å². The van der Waals surface area contributed by atoms with Gasteiger partial charge in [-0.1, -0.05) is 51.1 Å². The second-order valence-corrected chi connectivity index (χ2v) is 10.4. The van der Waals surface area contributed by atoms with Crippen LogP contribution in [0, 0.1) is 0 Å². The Hall–Kier alpha value is -3.12. The van der Waals surface area contributed by atoms with E-state index in [1.165, 1.54) is 6.26 Å². The molecule has 0 spiro atoms. The largest absolute Gasteiger partial charge is 0.496 e. The number of H-pyrrole nitrogens is 1. The summed E-state index contributed by atoms with van der Waals surface area (Å²) in [6, 6.07) is 14.3. The van der Waals surface area contributed by atoms with E-state index in [-0.39, 0.29) is 15.9 Å². The summed E-state index contributed by atoms with van der Waals surface area (Å²) in [5.74, 6) is 0.691. The van der Waals surface area contributed by atoms with Gasteiger partial charge in [0.1, 0.15) is 5.75 Å². The minimum absolute atomic E-state index is 0.176. The predicted octanol–water partition coefficient (Wildman–Crippen LogP) is 4.92. The Labute approximate surface area is 183 Å². The maximum atomic E-state index is 12.4. The van der Waals surface area contributed by atoms with Crippen molar-refractivity contribution in [2.45, 2.75) is 31.1 Å². The highest BCUT2D eigenvalue weighted by Crippen LogP contribution is 2.38. The van der Waals surface area contributed by atoms with E-state index in [0.717, 1.165) is 16.7 Å². The second-order valence-electron chi connectivity index (χ2n) is 8.45. The van der Waals surface area contributed by atoms with E-state index in [1.54, 1.807) is 55.8 Å². The summed E-state index contributed by atoms with van der Waals surface area (Å²) in [5, 5.41) is 0. The third-order valence-corrected chi connectivity index (χ3v) is 6.19. The van der Waals surface area contributed by atoms with Crippen LogP contribution >= 0.6 is 0 Å². The summed E-state index contributed by atoms with van der Waals surface area (Å²) in [7, 11) is -1.76. The second kappa shape index (κ2) is 8.55. The van der Waals surface area contributed by atoms with E-state index in [9.17, 15) is 13.2 Å². The molecule has 1 heterocycles. The zero-order chi connectivity index (χ0) is 22.8. The van der Waals surface area contributed by atoms with Crippen molar-refractivity contribution in [3.05, 3.63) is 81.8 Å². The van der Waals surface area contributed by atoms with Gasteiger partial charge in [0.25, 0.3) is 5.56 Å². The van der Waals surface area contributed by atoms with Crippen molar-refractivity contribution in [1.82, 2.24) is 4.98 Å². The number of nitrogens with one attached hydrogen (secondary N) is 1. The number of ether oxygens (including phenoxy) is 1. The highest BCUT2D eigenvalue weighted by Gasteiger charge is 2.23. The zero-order valence-electron chi connectivity index (χ0n) is 18.4. The summed E-state index contributed by atoms with van der Waals surface area (Å²) in [4.78, 5) is 15.4. The van der Waals surface area contributed by atoms with Crippen LogP contribution in [0.2, 0.25) is 0 Å². The van der Waals surface area contributed by atoms with E-state index in [1.807, 2.05) is 18.2 Å². The maximum absolute atomic E-state index is 12.4. The van der Waals surface area contributed by atoms with Crippen LogP contribution in [-0.4, -0.2) is 26.8 Å². The van der Waals surface area contributed by atoms with Crippen molar-refractivity contribution in [3.63, 3.8) is 0 Å². The molecule has 0 saturated carbocycles. The molecule has 2 aromatic carbocycles. The van der Waals surface area contributed by atoms with E-state index in [4.69, 9.17) is 4.74 Å². The van der Waals surface area contributed by atoms with Crippen molar-refractivity contribution in [2.24, 2.45) is 0 Å². The fraction of sp³-hybridized carbons (Fsp3) is 0.240. The molecule has 6 heteroatoms. The molecule has 0 fully saturated rings. The van der Waals surface area contributed by atoms with Gasteiger partial charge in [-0.05, 0) is 46.9 Å². The van der Waals surface area contributed by atoms with Gasteiger partial charge in [0.05, 0.1) is 12.0 Å². The van der Waals surface area contributed by atoms with E-state index in [0.29, 0.717) is 16.9 Å². The number of methoxy groups -OCH3 is 1. The van der Waals surface area contributed by atoms with Gasteiger partial charge in [0.15, 0.2) is 9.84 Å². The van der Waals surface area contributed by atoms with Crippen LogP contribution < -0.4 is 10.3 Å². The van der Waals surface area contributed by atoms with E-state index in [2.05, 4.69) is 25.8 Å². The van der Waals surface area contributed by atoms with Crippen molar-refractivity contribution >= 4 is 22.0 Å². The van der Waals surface area contributed by atoms with Crippen molar-refractivity contribution in [1.29, 1.82) is 0 Å². The van der Waals surface area contributed by atoms with Gasteiger partial charge in [-0.15, -0.1) is 0 Å². The molecule has 0 radical (unpaired) electrons. The SMILES string of the molecule is COc1c(/C=C/c2ccccc2S(C)(=O)=O)cc(-c2ccc[nH]c2=O)cc1C(C)(C)C. The van der Waals surface area contributed by atoms with Gasteiger partial charge in [0, 0.05) is 29.1 Å². The number of sulfone groups is 1. The highest BCUT2D eigenvalue weighted by molar-refractivity contribution is 7.90. The zero-order valence-corrected chi connectivity index (χ0v) is 19.2. The van der Waals surface area contributed by atoms with Crippen LogP contribution in [-0.2, 0) is 15.3 Å². The first-order valence-corrected chi connectivity index (χ1v) is 11.8. The molecular weight excluding hydrogens is 410 g/mol. The quantitative estimate of drug-likeness (QED) is 0.575. The number of aromatic amines is 1. The first-order valence-electron chi connectivity index (χ1n) is 9.90. The maximum Gasteiger partial charge on any atom is 0.255 e. The molecule has 0 aliphatic rings. The topological polar surface area (TPSA) is 76.2 Å². The Morgan fingerprint density at radius 1 is 0.968 bits per heavy atom. The van der Waals surface area contributed by atoms with Crippen molar-refractivity contribution in [3.8, 4) is 16.9 Å². The Morgan fingerprint density at radius 2 is 1.65 bits per heavy atom. The molecule has 0 amide bonds. The van der Waals surface area contributed by atoms with Crippen LogP contribution in [0.25, 0.3) is 23.3 Å². The smallest absolute Gasteiger partial charge is 0.255 e. The Morgan fingerprint density at radius 3 is 2.26 bits per heavy atom. The highest BCUT2D eigenvalue weighted by atomic mass is 32.2. The molecule has 1 aromatic heterocycles. The molecule has 0 aliphatic heterocycles. The average molecular weight is 438 g/mol. The number of aromatic nitrogens is 1. The summed E-state index contributed by atoms with van der Waals surface area (Å²) < 4.78 is 30.1. The van der Waals surface area contributed by atoms with Gasteiger partial charge in [0.2, 0.25) is 0 Å². The molecule has 1 N–H and O–H groups in total. The monoisotopic (exact) mass is 437 g/mol. The summed E-state index contributed by atoms with van der Waals surface area (Å²) in [5.41, 5.74) is 3.21. The lowest BCUT2D eigenvalue weighted by Gasteiger charge is -2.24. The summed E-state index contributed by atoms with van der Waals surface area (Å²) in [6.45, 7) is 6.24. The average Bonchev–Trinajstić information content (AvgIpc) is 2.70. The molecular formula is C25H27NO4S. The number of benzene rings is 2. The fourth-order valence-corrected chi connectivity index (χ4v) is 4.39. The van der Waals surface area contributed by atoms with Gasteiger partial charge >= 0.3 is 0 Å². The molecule has 162 valence electrons. The van der Waals surface area contributed by atoms with Crippen LogP contribution in [0.5, 0.6) is 5.75 Å². The summed E-state index contributed by atoms with van der Waals surface area (Å²) in [6.07, 6.45) is 6.39. The lowest BCUT2D eigenvalue weighted by molar-refractivity contribution is 0.397. The first-order chi connectivity index (χ1) is 14.5. The molecule has 0 atom stereocenters. The standard InChI is InChI=1S/C25H27NO4S/c1-25(2,3)21-16-19(20-10-8-14-26-24(20)27)15-18(23(21)30-4)13-12-17-9-6-7-11-22(17)31(5,28)29/h6-16H,1-5H3,(H,26,27)/b13-12+. The molecule has 3 rings (SSSR count). The van der Waals surface area contributed by atoms with Crippen LogP contribution in [0.3, 0.4) is 0 Å². The molecule has 0 unspecified atom stereocenters. The molecule has 0 saturated heterocycles. The lowest BCUT2D eigenvalue weighted by atomic mass is 9.83. The minimum Gasteiger partial charge on any atom is -0.496 e. The fourth-order valence-electron chi connectivity index (χ4n) is 3.50. The first kappa shape index (κ1) is 22.6. The third-order valence-electron chi connectivity index (χ3n) is 5.02. The van der Waals surface area contributed by atoms with Crippen LogP contribution in [0.4, 0.5) is 0 Å². The Kier molecular flexibility index (Phi) is 6.23. The Balaban J connectivity index is 2.25. The molecule has 3 aromatic rings. The van der Waals surface area contributed by atoms with E-state index >= 15 is 0 Å². The third kappa shape index (κ3) is 4.97. The van der Waals surface area contributed by atoms with E-state index < -0.39 is 9.84 Å². The molecule has 0 aliphatic carbocycles. The number of hydrogen-bond donors (Lipinski definition) is 1. The molecule has 0 bridgehead atoms. The number of pyridine rings is 1. The van der Waals surface area contributed by atoms with Crippen molar-refractivity contribution in [2.75, 3.05) is 13.4 Å². The van der Waals surface area contributed by atoms with Crippen LogP contribution in [0.15, 0.2) is 64.4 Å². The lowest BCUT2D eigenvalue weighted by Crippen LogP contribution is -2.15. The minimum atomic E-state index is -3.37. The number of rotatable bonds is 5.